The maximum absolute atomic E-state index is 4.67. The van der Waals surface area contributed by atoms with Crippen LogP contribution in [0.25, 0.3) is 10.9 Å². The second-order valence-corrected chi connectivity index (χ2v) is 5.22. The van der Waals surface area contributed by atoms with Gasteiger partial charge in [0, 0.05) is 16.8 Å². The van der Waals surface area contributed by atoms with Crippen molar-refractivity contribution in [2.45, 2.75) is 20.8 Å². The summed E-state index contributed by atoms with van der Waals surface area (Å²) in [5.41, 5.74) is 6.78. The molecule has 3 aromatic rings. The maximum Gasteiger partial charge on any atom is 0.0939 e. The third-order valence-electron chi connectivity index (χ3n) is 3.60. The van der Waals surface area contributed by atoms with Gasteiger partial charge in [-0.15, -0.1) is 0 Å². The van der Waals surface area contributed by atoms with Crippen LogP contribution in [0.15, 0.2) is 48.5 Å². The number of benzene rings is 2. The summed E-state index contributed by atoms with van der Waals surface area (Å²) in [7, 11) is 0. The molecule has 0 fully saturated rings. The number of hydrogen-bond donors (Lipinski definition) is 1. The fourth-order valence-corrected chi connectivity index (χ4v) is 2.49. The number of pyridine rings is 1. The van der Waals surface area contributed by atoms with Crippen molar-refractivity contribution in [3.8, 4) is 0 Å². The van der Waals surface area contributed by atoms with E-state index in [0.717, 1.165) is 22.3 Å². The van der Waals surface area contributed by atoms with Crippen LogP contribution in [-0.2, 0) is 0 Å². The molecule has 1 N–H and O–H groups in total. The number of fused-ring (bicyclic) bond motifs is 1. The number of nitrogens with zero attached hydrogens (tertiary/aromatic N) is 1. The van der Waals surface area contributed by atoms with Crippen molar-refractivity contribution >= 4 is 22.3 Å². The monoisotopic (exact) mass is 262 g/mol. The van der Waals surface area contributed by atoms with Crippen LogP contribution in [0.4, 0.5) is 11.4 Å². The van der Waals surface area contributed by atoms with Gasteiger partial charge in [-0.3, -0.25) is 4.98 Å². The summed E-state index contributed by atoms with van der Waals surface area (Å²) < 4.78 is 0. The Hall–Kier alpha value is -2.35. The molecule has 0 aliphatic heterocycles. The summed E-state index contributed by atoms with van der Waals surface area (Å²) in [6, 6.07) is 16.7. The first kappa shape index (κ1) is 12.7. The van der Waals surface area contributed by atoms with Crippen LogP contribution in [0.3, 0.4) is 0 Å². The van der Waals surface area contributed by atoms with E-state index >= 15 is 0 Å². The first-order valence-electron chi connectivity index (χ1n) is 6.85. The molecule has 0 spiro atoms. The van der Waals surface area contributed by atoms with Crippen molar-refractivity contribution in [3.05, 3.63) is 65.4 Å². The first-order valence-corrected chi connectivity index (χ1v) is 6.85. The largest absolute Gasteiger partial charge is 0.353 e. The number of hydrogen-bond acceptors (Lipinski definition) is 2. The summed E-state index contributed by atoms with van der Waals surface area (Å²) in [6.45, 7) is 6.27. The van der Waals surface area contributed by atoms with E-state index in [0.29, 0.717) is 0 Å². The Kier molecular flexibility index (Phi) is 3.15. The van der Waals surface area contributed by atoms with Gasteiger partial charge in [-0.1, -0.05) is 36.4 Å². The third kappa shape index (κ3) is 2.25. The van der Waals surface area contributed by atoms with E-state index in [1.165, 1.54) is 16.8 Å². The SMILES string of the molecule is Cc1ccc2cccc(Nc3c(C)cccc3C)c2n1. The van der Waals surface area contributed by atoms with Gasteiger partial charge in [0.2, 0.25) is 0 Å². The fraction of sp³-hybridized carbons (Fsp3) is 0.167. The molecular formula is C18H18N2. The van der Waals surface area contributed by atoms with Crippen LogP contribution in [0.1, 0.15) is 16.8 Å². The Morgan fingerprint density at radius 3 is 2.25 bits per heavy atom. The minimum atomic E-state index is 1.02. The summed E-state index contributed by atoms with van der Waals surface area (Å²) in [6.07, 6.45) is 0. The predicted octanol–water partition coefficient (Wildman–Crippen LogP) is 4.90. The molecule has 0 aliphatic carbocycles. The van der Waals surface area contributed by atoms with Gasteiger partial charge in [-0.25, -0.2) is 0 Å². The van der Waals surface area contributed by atoms with E-state index in [4.69, 9.17) is 0 Å². The number of para-hydroxylation sites is 2. The highest BCUT2D eigenvalue weighted by molar-refractivity contribution is 5.92. The molecule has 0 saturated carbocycles. The molecule has 0 aliphatic rings. The molecule has 20 heavy (non-hydrogen) atoms. The molecule has 2 heteroatoms. The van der Waals surface area contributed by atoms with Gasteiger partial charge in [-0.2, -0.15) is 0 Å². The molecule has 2 nitrogen and oxygen atoms in total. The van der Waals surface area contributed by atoms with Crippen LogP contribution in [0.2, 0.25) is 0 Å². The van der Waals surface area contributed by atoms with Crippen molar-refractivity contribution < 1.29 is 0 Å². The molecule has 0 radical (unpaired) electrons. The summed E-state index contributed by atoms with van der Waals surface area (Å²) in [4.78, 5) is 4.67. The quantitative estimate of drug-likeness (QED) is 0.710. The van der Waals surface area contributed by atoms with Gasteiger partial charge < -0.3 is 5.32 Å². The standard InChI is InChI=1S/C18H18N2/c1-12-6-4-7-13(2)17(12)20-16-9-5-8-15-11-10-14(3)19-18(15)16/h4-11,20H,1-3H3. The van der Waals surface area contributed by atoms with Crippen molar-refractivity contribution in [3.63, 3.8) is 0 Å². The number of anilines is 2. The summed E-state index contributed by atoms with van der Waals surface area (Å²) in [5.74, 6) is 0. The lowest BCUT2D eigenvalue weighted by Gasteiger charge is -2.14. The second-order valence-electron chi connectivity index (χ2n) is 5.22. The van der Waals surface area contributed by atoms with Crippen molar-refractivity contribution in [1.82, 2.24) is 4.98 Å². The van der Waals surface area contributed by atoms with Crippen LogP contribution < -0.4 is 5.32 Å². The van der Waals surface area contributed by atoms with Gasteiger partial charge in [0.05, 0.1) is 11.2 Å². The van der Waals surface area contributed by atoms with Crippen molar-refractivity contribution in [1.29, 1.82) is 0 Å². The van der Waals surface area contributed by atoms with Crippen LogP contribution in [-0.4, -0.2) is 4.98 Å². The number of nitrogens with one attached hydrogen (secondary N) is 1. The Morgan fingerprint density at radius 2 is 1.50 bits per heavy atom. The number of rotatable bonds is 2. The average Bonchev–Trinajstić information content (AvgIpc) is 2.43. The summed E-state index contributed by atoms with van der Waals surface area (Å²) >= 11 is 0. The predicted molar refractivity (Wildman–Crippen MR) is 85.7 cm³/mol. The van der Waals surface area contributed by atoms with E-state index < -0.39 is 0 Å². The van der Waals surface area contributed by atoms with Gasteiger partial charge >= 0.3 is 0 Å². The molecule has 1 aromatic heterocycles. The lowest BCUT2D eigenvalue weighted by Crippen LogP contribution is -1.98. The smallest absolute Gasteiger partial charge is 0.0939 e. The lowest BCUT2D eigenvalue weighted by atomic mass is 10.1. The zero-order chi connectivity index (χ0) is 14.1. The van der Waals surface area contributed by atoms with E-state index in [9.17, 15) is 0 Å². The fourth-order valence-electron chi connectivity index (χ4n) is 2.49. The van der Waals surface area contributed by atoms with E-state index in [2.05, 4.69) is 66.6 Å². The van der Waals surface area contributed by atoms with Crippen LogP contribution in [0.5, 0.6) is 0 Å². The molecule has 0 unspecified atom stereocenters. The highest BCUT2D eigenvalue weighted by Gasteiger charge is 2.06. The zero-order valence-electron chi connectivity index (χ0n) is 12.1. The maximum atomic E-state index is 4.67. The van der Waals surface area contributed by atoms with Gasteiger partial charge in [0.15, 0.2) is 0 Å². The molecule has 0 bridgehead atoms. The molecule has 0 amide bonds. The minimum Gasteiger partial charge on any atom is -0.353 e. The van der Waals surface area contributed by atoms with Gasteiger partial charge in [0.1, 0.15) is 0 Å². The van der Waals surface area contributed by atoms with Gasteiger partial charge in [0.25, 0.3) is 0 Å². The molecule has 0 saturated heterocycles. The third-order valence-corrected chi connectivity index (χ3v) is 3.60. The van der Waals surface area contributed by atoms with E-state index in [1.54, 1.807) is 0 Å². The highest BCUT2D eigenvalue weighted by Crippen LogP contribution is 2.28. The molecule has 100 valence electrons. The highest BCUT2D eigenvalue weighted by atomic mass is 14.9. The van der Waals surface area contributed by atoms with Crippen LogP contribution >= 0.6 is 0 Å². The van der Waals surface area contributed by atoms with Gasteiger partial charge in [-0.05, 0) is 44.0 Å². The molecule has 2 aromatic carbocycles. The second kappa shape index (κ2) is 4.97. The normalized spacial score (nSPS) is 10.8. The van der Waals surface area contributed by atoms with Crippen LogP contribution in [0, 0.1) is 20.8 Å². The molecule has 3 rings (SSSR count). The number of aryl methyl sites for hydroxylation is 3. The Bertz CT molecular complexity index is 755. The van der Waals surface area contributed by atoms with E-state index in [-0.39, 0.29) is 0 Å². The van der Waals surface area contributed by atoms with Crippen molar-refractivity contribution in [2.75, 3.05) is 5.32 Å². The van der Waals surface area contributed by atoms with Crippen molar-refractivity contribution in [2.24, 2.45) is 0 Å². The Balaban J connectivity index is 2.13. The minimum absolute atomic E-state index is 1.02. The summed E-state index contributed by atoms with van der Waals surface area (Å²) in [5, 5.41) is 4.71. The number of aromatic nitrogens is 1. The van der Waals surface area contributed by atoms with E-state index in [1.807, 2.05) is 13.0 Å². The topological polar surface area (TPSA) is 24.9 Å². The lowest BCUT2D eigenvalue weighted by molar-refractivity contribution is 1.25. The molecular weight excluding hydrogens is 244 g/mol. The molecule has 0 atom stereocenters. The average molecular weight is 262 g/mol. The Labute approximate surface area is 119 Å². The Morgan fingerprint density at radius 1 is 0.800 bits per heavy atom. The zero-order valence-corrected chi connectivity index (χ0v) is 12.1. The molecule has 1 heterocycles. The first-order chi connectivity index (χ1) is 9.65.